The predicted octanol–water partition coefficient (Wildman–Crippen LogP) is 3.37. The van der Waals surface area contributed by atoms with Gasteiger partial charge < -0.3 is 5.73 Å². The van der Waals surface area contributed by atoms with Crippen LogP contribution in [0.3, 0.4) is 0 Å². The molecular weight excluding hydrogens is 248 g/mol. The molecule has 0 fully saturated rings. The highest BCUT2D eigenvalue weighted by Gasteiger charge is 2.11. The van der Waals surface area contributed by atoms with E-state index in [0.717, 1.165) is 6.07 Å². The second kappa shape index (κ2) is 4.02. The molecule has 94 valence electrons. The minimum atomic E-state index is -0.891. The summed E-state index contributed by atoms with van der Waals surface area (Å²) in [6.45, 7) is 0. The fraction of sp³-hybridized carbons (Fsp3) is 0. The number of carbonyl (C=O) groups excluding carboxylic acids is 1. The number of halogens is 2. The summed E-state index contributed by atoms with van der Waals surface area (Å²) in [6.07, 6.45) is 0. The number of nitrogens with two attached hydrogens (primary N) is 1. The number of fused-ring (bicyclic) bond motifs is 2. The highest BCUT2D eigenvalue weighted by atomic mass is 19.2. The summed E-state index contributed by atoms with van der Waals surface area (Å²) in [6, 6.07) is 10.7. The van der Waals surface area contributed by atoms with Crippen molar-refractivity contribution in [3.05, 3.63) is 59.7 Å². The van der Waals surface area contributed by atoms with E-state index in [0.29, 0.717) is 21.7 Å². The van der Waals surface area contributed by atoms with Crippen LogP contribution >= 0.6 is 0 Å². The van der Waals surface area contributed by atoms with Crippen LogP contribution in [-0.4, -0.2) is 5.91 Å². The Morgan fingerprint density at radius 3 is 2.37 bits per heavy atom. The fourth-order valence-corrected chi connectivity index (χ4v) is 2.25. The smallest absolute Gasteiger partial charge is 0.249 e. The van der Waals surface area contributed by atoms with E-state index in [2.05, 4.69) is 0 Å². The van der Waals surface area contributed by atoms with Crippen molar-refractivity contribution in [1.29, 1.82) is 0 Å². The van der Waals surface area contributed by atoms with Crippen LogP contribution in [0.2, 0.25) is 0 Å². The topological polar surface area (TPSA) is 43.1 Å². The van der Waals surface area contributed by atoms with Gasteiger partial charge in [-0.1, -0.05) is 18.2 Å². The monoisotopic (exact) mass is 257 g/mol. The molecule has 3 aromatic rings. The Labute approximate surface area is 107 Å². The zero-order chi connectivity index (χ0) is 13.6. The Balaban J connectivity index is 2.48. The van der Waals surface area contributed by atoms with E-state index in [1.165, 1.54) is 12.1 Å². The molecule has 0 aliphatic heterocycles. The Hall–Kier alpha value is -2.49. The van der Waals surface area contributed by atoms with Crippen LogP contribution in [0.4, 0.5) is 8.78 Å². The minimum absolute atomic E-state index is 0.189. The SMILES string of the molecule is NC(=O)c1cccc2cc3c(F)c(F)ccc3cc12. The molecule has 0 spiro atoms. The molecule has 0 saturated carbocycles. The van der Waals surface area contributed by atoms with Gasteiger partial charge >= 0.3 is 0 Å². The number of primary amides is 1. The van der Waals surface area contributed by atoms with Crippen molar-refractivity contribution >= 4 is 27.5 Å². The zero-order valence-electron chi connectivity index (χ0n) is 9.78. The molecule has 0 heterocycles. The minimum Gasteiger partial charge on any atom is -0.366 e. The molecule has 0 aliphatic rings. The van der Waals surface area contributed by atoms with E-state index >= 15 is 0 Å². The Kier molecular flexibility index (Phi) is 2.45. The van der Waals surface area contributed by atoms with E-state index in [1.807, 2.05) is 0 Å². The summed E-state index contributed by atoms with van der Waals surface area (Å²) >= 11 is 0. The first-order valence-corrected chi connectivity index (χ1v) is 5.68. The summed E-state index contributed by atoms with van der Waals surface area (Å²) in [5.41, 5.74) is 5.67. The maximum atomic E-state index is 13.7. The van der Waals surface area contributed by atoms with Gasteiger partial charge in [0, 0.05) is 10.9 Å². The summed E-state index contributed by atoms with van der Waals surface area (Å²) in [7, 11) is 0. The Morgan fingerprint density at radius 2 is 1.63 bits per heavy atom. The van der Waals surface area contributed by atoms with E-state index in [1.54, 1.807) is 24.3 Å². The van der Waals surface area contributed by atoms with Crippen molar-refractivity contribution in [2.24, 2.45) is 5.73 Å². The van der Waals surface area contributed by atoms with Crippen LogP contribution in [0, 0.1) is 11.6 Å². The van der Waals surface area contributed by atoms with Crippen LogP contribution < -0.4 is 5.73 Å². The second-order valence-electron chi connectivity index (χ2n) is 4.33. The number of carbonyl (C=O) groups is 1. The van der Waals surface area contributed by atoms with Gasteiger partial charge in [-0.2, -0.15) is 0 Å². The van der Waals surface area contributed by atoms with Crippen LogP contribution in [0.25, 0.3) is 21.5 Å². The van der Waals surface area contributed by atoms with E-state index < -0.39 is 17.5 Å². The highest BCUT2D eigenvalue weighted by molar-refractivity contribution is 6.10. The summed E-state index contributed by atoms with van der Waals surface area (Å²) in [5, 5.41) is 2.00. The van der Waals surface area contributed by atoms with Crippen LogP contribution in [-0.2, 0) is 0 Å². The Morgan fingerprint density at radius 1 is 0.947 bits per heavy atom. The third kappa shape index (κ3) is 1.73. The third-order valence-electron chi connectivity index (χ3n) is 3.17. The van der Waals surface area contributed by atoms with Crippen molar-refractivity contribution < 1.29 is 13.6 Å². The number of hydrogen-bond acceptors (Lipinski definition) is 1. The first-order chi connectivity index (χ1) is 9.08. The first-order valence-electron chi connectivity index (χ1n) is 5.68. The van der Waals surface area contributed by atoms with Crippen LogP contribution in [0.5, 0.6) is 0 Å². The van der Waals surface area contributed by atoms with Crippen LogP contribution in [0.1, 0.15) is 10.4 Å². The maximum absolute atomic E-state index is 13.7. The predicted molar refractivity (Wildman–Crippen MR) is 69.9 cm³/mol. The molecule has 3 rings (SSSR count). The third-order valence-corrected chi connectivity index (χ3v) is 3.17. The molecule has 0 aliphatic carbocycles. The van der Waals surface area contributed by atoms with E-state index in [4.69, 9.17) is 5.73 Å². The lowest BCUT2D eigenvalue weighted by molar-refractivity contribution is 0.100. The molecule has 0 radical (unpaired) electrons. The van der Waals surface area contributed by atoms with Gasteiger partial charge in [0.25, 0.3) is 0 Å². The standard InChI is InChI=1S/C15H9F2NO/c16-13-5-4-9-6-11-8(7-12(9)14(13)17)2-1-3-10(11)15(18)19/h1-7H,(H2,18,19). The van der Waals surface area contributed by atoms with Crippen LogP contribution in [0.15, 0.2) is 42.5 Å². The fourth-order valence-electron chi connectivity index (χ4n) is 2.25. The van der Waals surface area contributed by atoms with E-state index in [9.17, 15) is 13.6 Å². The van der Waals surface area contributed by atoms with Crippen molar-refractivity contribution in [3.8, 4) is 0 Å². The van der Waals surface area contributed by atoms with Gasteiger partial charge in [0.1, 0.15) is 0 Å². The van der Waals surface area contributed by atoms with Gasteiger partial charge in [0.15, 0.2) is 11.6 Å². The number of amides is 1. The lowest BCUT2D eigenvalue weighted by atomic mass is 9.99. The van der Waals surface area contributed by atoms with Gasteiger partial charge in [-0.3, -0.25) is 4.79 Å². The highest BCUT2D eigenvalue weighted by Crippen LogP contribution is 2.28. The van der Waals surface area contributed by atoms with Gasteiger partial charge in [-0.15, -0.1) is 0 Å². The number of benzene rings is 3. The summed E-state index contributed by atoms with van der Waals surface area (Å²) in [4.78, 5) is 11.4. The van der Waals surface area contributed by atoms with Gasteiger partial charge in [-0.05, 0) is 40.4 Å². The van der Waals surface area contributed by atoms with Crippen molar-refractivity contribution in [3.63, 3.8) is 0 Å². The normalized spacial score (nSPS) is 11.1. The second-order valence-corrected chi connectivity index (χ2v) is 4.33. The molecule has 2 N–H and O–H groups in total. The molecule has 2 nitrogen and oxygen atoms in total. The van der Waals surface area contributed by atoms with Gasteiger partial charge in [0.05, 0.1) is 0 Å². The summed E-state index contributed by atoms with van der Waals surface area (Å²) in [5.74, 6) is -2.32. The average Bonchev–Trinajstić information content (AvgIpc) is 2.40. The first kappa shape index (κ1) is 11.6. The quantitative estimate of drug-likeness (QED) is 0.667. The molecule has 0 aromatic heterocycles. The molecular formula is C15H9F2NO. The largest absolute Gasteiger partial charge is 0.366 e. The summed E-state index contributed by atoms with van der Waals surface area (Å²) < 4.78 is 26.9. The molecule has 0 saturated heterocycles. The van der Waals surface area contributed by atoms with Crippen molar-refractivity contribution in [1.82, 2.24) is 0 Å². The Bertz CT molecular complexity index is 827. The molecule has 0 atom stereocenters. The molecule has 1 amide bonds. The average molecular weight is 257 g/mol. The maximum Gasteiger partial charge on any atom is 0.249 e. The zero-order valence-corrected chi connectivity index (χ0v) is 9.78. The van der Waals surface area contributed by atoms with Gasteiger partial charge in [0.2, 0.25) is 5.91 Å². The lowest BCUT2D eigenvalue weighted by Gasteiger charge is -2.07. The molecule has 0 bridgehead atoms. The number of hydrogen-bond donors (Lipinski definition) is 1. The number of rotatable bonds is 1. The lowest BCUT2D eigenvalue weighted by Crippen LogP contribution is -2.11. The van der Waals surface area contributed by atoms with Crippen molar-refractivity contribution in [2.45, 2.75) is 0 Å². The van der Waals surface area contributed by atoms with Gasteiger partial charge in [-0.25, -0.2) is 8.78 Å². The molecule has 0 unspecified atom stereocenters. The van der Waals surface area contributed by atoms with E-state index in [-0.39, 0.29) is 5.39 Å². The van der Waals surface area contributed by atoms with Crippen molar-refractivity contribution in [2.75, 3.05) is 0 Å². The molecule has 4 heteroatoms. The molecule has 3 aromatic carbocycles. The molecule has 19 heavy (non-hydrogen) atoms.